The van der Waals surface area contributed by atoms with Gasteiger partial charge in [-0.3, -0.25) is 0 Å². The molecule has 82 valence electrons. The van der Waals surface area contributed by atoms with E-state index in [0.29, 0.717) is 0 Å². The number of aryl methyl sites for hydroxylation is 1. The molecule has 2 rings (SSSR count). The molecule has 1 aliphatic rings. The van der Waals surface area contributed by atoms with Crippen LogP contribution in [0.2, 0.25) is 0 Å². The zero-order valence-corrected chi connectivity index (χ0v) is 9.29. The van der Waals surface area contributed by atoms with Crippen LogP contribution in [0.3, 0.4) is 0 Å². The van der Waals surface area contributed by atoms with Crippen molar-refractivity contribution in [1.29, 1.82) is 0 Å². The first kappa shape index (κ1) is 10.7. The third-order valence-electron chi connectivity index (χ3n) is 3.36. The number of nitrogens with one attached hydrogen (secondary N) is 1. The first-order valence-corrected chi connectivity index (χ1v) is 5.66. The van der Waals surface area contributed by atoms with Crippen LogP contribution in [0.4, 0.5) is 0 Å². The third kappa shape index (κ3) is 2.39. The summed E-state index contributed by atoms with van der Waals surface area (Å²) in [6.45, 7) is 3.23. The van der Waals surface area contributed by atoms with Crippen LogP contribution in [-0.4, -0.2) is 17.3 Å². The van der Waals surface area contributed by atoms with Gasteiger partial charge in [0.25, 0.3) is 0 Å². The number of benzene rings is 1. The van der Waals surface area contributed by atoms with Crippen LogP contribution in [0.5, 0.6) is 0 Å². The minimum atomic E-state index is 0.0176. The van der Waals surface area contributed by atoms with Gasteiger partial charge < -0.3 is 10.4 Å². The molecule has 0 unspecified atom stereocenters. The van der Waals surface area contributed by atoms with E-state index in [1.165, 1.54) is 17.5 Å². The molecule has 1 aromatic carbocycles. The quantitative estimate of drug-likeness (QED) is 0.788. The fourth-order valence-corrected chi connectivity index (χ4v) is 2.11. The lowest BCUT2D eigenvalue weighted by Gasteiger charge is -2.41. The van der Waals surface area contributed by atoms with E-state index in [9.17, 15) is 5.11 Å². The molecule has 2 N–H and O–H groups in total. The van der Waals surface area contributed by atoms with Crippen molar-refractivity contribution in [1.82, 2.24) is 5.32 Å². The van der Waals surface area contributed by atoms with Gasteiger partial charge in [0.2, 0.25) is 0 Å². The van der Waals surface area contributed by atoms with E-state index in [4.69, 9.17) is 0 Å². The number of aliphatic hydroxyl groups excluding tert-OH is 1. The Morgan fingerprint density at radius 1 is 1.40 bits per heavy atom. The molecule has 15 heavy (non-hydrogen) atoms. The van der Waals surface area contributed by atoms with Crippen molar-refractivity contribution in [3.05, 3.63) is 35.4 Å². The maximum Gasteiger partial charge on any atom is 0.0613 e. The summed E-state index contributed by atoms with van der Waals surface area (Å²) in [5, 5.41) is 12.8. The van der Waals surface area contributed by atoms with Crippen LogP contribution in [0.25, 0.3) is 0 Å². The second-order valence-electron chi connectivity index (χ2n) is 4.63. The smallest absolute Gasteiger partial charge is 0.0613 e. The SMILES string of the molecule is Cc1cccc(CNC2(CO)CCC2)c1. The van der Waals surface area contributed by atoms with Gasteiger partial charge in [-0.15, -0.1) is 0 Å². The molecule has 2 heteroatoms. The van der Waals surface area contributed by atoms with Crippen LogP contribution in [0.1, 0.15) is 30.4 Å². The molecule has 0 bridgehead atoms. The highest BCUT2D eigenvalue weighted by atomic mass is 16.3. The number of rotatable bonds is 4. The summed E-state index contributed by atoms with van der Waals surface area (Å²) in [6, 6.07) is 8.51. The maximum absolute atomic E-state index is 9.31. The van der Waals surface area contributed by atoms with Crippen LogP contribution in [0.15, 0.2) is 24.3 Å². The average Bonchev–Trinajstić information content (AvgIpc) is 2.17. The molecular formula is C13H19NO. The van der Waals surface area contributed by atoms with Gasteiger partial charge >= 0.3 is 0 Å². The minimum absolute atomic E-state index is 0.0176. The molecule has 0 saturated heterocycles. The zero-order valence-electron chi connectivity index (χ0n) is 9.29. The fourth-order valence-electron chi connectivity index (χ4n) is 2.11. The Hall–Kier alpha value is -0.860. The Labute approximate surface area is 91.3 Å². The zero-order chi connectivity index (χ0) is 10.7. The highest BCUT2D eigenvalue weighted by molar-refractivity contribution is 5.22. The molecule has 0 amide bonds. The van der Waals surface area contributed by atoms with Gasteiger partial charge in [0.05, 0.1) is 6.61 Å². The third-order valence-corrected chi connectivity index (χ3v) is 3.36. The van der Waals surface area contributed by atoms with E-state index < -0.39 is 0 Å². The van der Waals surface area contributed by atoms with E-state index in [0.717, 1.165) is 19.4 Å². The lowest BCUT2D eigenvalue weighted by molar-refractivity contribution is 0.0872. The van der Waals surface area contributed by atoms with Gasteiger partial charge in [-0.2, -0.15) is 0 Å². The second-order valence-corrected chi connectivity index (χ2v) is 4.63. The second kappa shape index (κ2) is 4.33. The van der Waals surface area contributed by atoms with Crippen LogP contribution >= 0.6 is 0 Å². The number of hydrogen-bond donors (Lipinski definition) is 2. The summed E-state index contributed by atoms with van der Waals surface area (Å²) in [4.78, 5) is 0. The van der Waals surface area contributed by atoms with E-state index in [2.05, 4.69) is 36.5 Å². The molecule has 1 saturated carbocycles. The van der Waals surface area contributed by atoms with Crippen molar-refractivity contribution in [3.63, 3.8) is 0 Å². The molecule has 0 spiro atoms. The summed E-state index contributed by atoms with van der Waals surface area (Å²) >= 11 is 0. The van der Waals surface area contributed by atoms with Crippen LogP contribution < -0.4 is 5.32 Å². The number of hydrogen-bond acceptors (Lipinski definition) is 2. The van der Waals surface area contributed by atoms with Crippen molar-refractivity contribution in [3.8, 4) is 0 Å². The van der Waals surface area contributed by atoms with Crippen LogP contribution in [0, 0.1) is 6.92 Å². The Kier molecular flexibility index (Phi) is 3.08. The monoisotopic (exact) mass is 205 g/mol. The first-order chi connectivity index (χ1) is 7.24. The Morgan fingerprint density at radius 2 is 2.20 bits per heavy atom. The molecular weight excluding hydrogens is 186 g/mol. The molecule has 0 aliphatic heterocycles. The highest BCUT2D eigenvalue weighted by Crippen LogP contribution is 2.31. The topological polar surface area (TPSA) is 32.3 Å². The number of aliphatic hydroxyl groups is 1. The van der Waals surface area contributed by atoms with Crippen molar-refractivity contribution >= 4 is 0 Å². The Balaban J connectivity index is 1.92. The molecule has 2 nitrogen and oxygen atoms in total. The van der Waals surface area contributed by atoms with Crippen molar-refractivity contribution in [2.45, 2.75) is 38.3 Å². The molecule has 1 fully saturated rings. The molecule has 1 aliphatic carbocycles. The molecule has 0 atom stereocenters. The van der Waals surface area contributed by atoms with E-state index in [1.54, 1.807) is 0 Å². The predicted molar refractivity (Wildman–Crippen MR) is 61.7 cm³/mol. The predicted octanol–water partition coefficient (Wildman–Crippen LogP) is 2.00. The summed E-state index contributed by atoms with van der Waals surface area (Å²) in [6.07, 6.45) is 3.45. The van der Waals surface area contributed by atoms with E-state index in [-0.39, 0.29) is 12.1 Å². The highest BCUT2D eigenvalue weighted by Gasteiger charge is 2.35. The minimum Gasteiger partial charge on any atom is -0.394 e. The molecule has 0 heterocycles. The standard InChI is InChI=1S/C13H19NO/c1-11-4-2-5-12(8-11)9-14-13(10-15)6-3-7-13/h2,4-5,8,14-15H,3,6-7,9-10H2,1H3. The maximum atomic E-state index is 9.31. The summed E-state index contributed by atoms with van der Waals surface area (Å²) < 4.78 is 0. The van der Waals surface area contributed by atoms with Crippen molar-refractivity contribution < 1.29 is 5.11 Å². The average molecular weight is 205 g/mol. The fraction of sp³-hybridized carbons (Fsp3) is 0.538. The van der Waals surface area contributed by atoms with Crippen molar-refractivity contribution in [2.24, 2.45) is 0 Å². The van der Waals surface area contributed by atoms with Gasteiger partial charge in [0.15, 0.2) is 0 Å². The first-order valence-electron chi connectivity index (χ1n) is 5.66. The van der Waals surface area contributed by atoms with Crippen LogP contribution in [-0.2, 0) is 6.54 Å². The van der Waals surface area contributed by atoms with Gasteiger partial charge in [0.1, 0.15) is 0 Å². The van der Waals surface area contributed by atoms with E-state index >= 15 is 0 Å². The normalized spacial score (nSPS) is 18.5. The Bertz CT molecular complexity index is 326. The van der Waals surface area contributed by atoms with Gasteiger partial charge in [-0.1, -0.05) is 29.8 Å². The molecule has 0 radical (unpaired) electrons. The largest absolute Gasteiger partial charge is 0.394 e. The Morgan fingerprint density at radius 3 is 2.73 bits per heavy atom. The van der Waals surface area contributed by atoms with Gasteiger partial charge in [-0.25, -0.2) is 0 Å². The van der Waals surface area contributed by atoms with Gasteiger partial charge in [-0.05, 0) is 31.7 Å². The van der Waals surface area contributed by atoms with E-state index in [1.807, 2.05) is 0 Å². The van der Waals surface area contributed by atoms with Crippen molar-refractivity contribution in [2.75, 3.05) is 6.61 Å². The van der Waals surface area contributed by atoms with Gasteiger partial charge in [0, 0.05) is 12.1 Å². The molecule has 1 aromatic rings. The lowest BCUT2D eigenvalue weighted by atomic mass is 9.77. The lowest BCUT2D eigenvalue weighted by Crippen LogP contribution is -2.53. The summed E-state index contributed by atoms with van der Waals surface area (Å²) in [5.41, 5.74) is 2.61. The molecule has 0 aromatic heterocycles. The summed E-state index contributed by atoms with van der Waals surface area (Å²) in [7, 11) is 0. The summed E-state index contributed by atoms with van der Waals surface area (Å²) in [5.74, 6) is 0.